The van der Waals surface area contributed by atoms with Crippen molar-refractivity contribution < 1.29 is 15.0 Å². The molecule has 0 aromatic rings. The summed E-state index contributed by atoms with van der Waals surface area (Å²) in [7, 11) is 0. The molecule has 52 valence electrons. The van der Waals surface area contributed by atoms with Crippen LogP contribution >= 0.6 is 0 Å². The number of nitrogens with one attached hydrogen (secondary N) is 2. The molecule has 8 heteroatoms. The summed E-state index contributed by atoms with van der Waals surface area (Å²) in [5.74, 6) is 0. The van der Waals surface area contributed by atoms with E-state index in [1.165, 1.54) is 23.3 Å². The van der Waals surface area contributed by atoms with Crippen molar-refractivity contribution in [1.82, 2.24) is 11.0 Å². The minimum Gasteiger partial charge on any atom is -0.170 e. The van der Waals surface area contributed by atoms with Crippen LogP contribution in [0.5, 0.6) is 0 Å². The van der Waals surface area contributed by atoms with Gasteiger partial charge >= 0.3 is 5.09 Å². The van der Waals surface area contributed by atoms with Gasteiger partial charge in [-0.05, 0) is 9.88 Å². The fourth-order valence-electron chi connectivity index (χ4n) is 0.134. The van der Waals surface area contributed by atoms with Gasteiger partial charge in [0.15, 0.2) is 0 Å². The molecule has 0 amide bonds. The first-order chi connectivity index (χ1) is 4.81. The minimum absolute atomic E-state index is 0.494. The number of hydrogen-bond donors (Lipinski definition) is 2. The highest BCUT2D eigenvalue weighted by Crippen LogP contribution is 1.68. The third-order valence-electron chi connectivity index (χ3n) is 0.332. The fraction of sp³-hybridized carbons (Fsp3) is 0. The Kier molecular flexibility index (Phi) is 3.83. The molecule has 0 aliphatic rings. The molecule has 0 aliphatic heterocycles. The molecule has 0 rings (SSSR count). The molecule has 0 heterocycles. The molecule has 0 aromatic heterocycles. The lowest BCUT2D eigenvalue weighted by Crippen LogP contribution is -2.23. The molecule has 0 saturated carbocycles. The molecule has 10 heavy (non-hydrogen) atoms. The van der Waals surface area contributed by atoms with Crippen molar-refractivity contribution >= 4 is 0 Å². The Bertz CT molecular complexity index is 168. The Morgan fingerprint density at radius 3 is 1.90 bits per heavy atom. The van der Waals surface area contributed by atoms with Gasteiger partial charge in [-0.1, -0.05) is 11.0 Å². The smallest absolute Gasteiger partial charge is 0.170 e. The highest BCUT2D eigenvalue weighted by molar-refractivity contribution is 4.51. The molecule has 8 nitrogen and oxygen atoms in total. The van der Waals surface area contributed by atoms with Gasteiger partial charge in [-0.2, -0.15) is 10.5 Å². The number of hydrogen-bond acceptors (Lipinski definition) is 7. The van der Waals surface area contributed by atoms with Gasteiger partial charge in [0, 0.05) is 0 Å². The standard InChI is InChI=1S/C2H2N5O3/c3-1-5-9-7(8)10-6-2-4/h5-6H/q+1. The van der Waals surface area contributed by atoms with Crippen LogP contribution in [0.2, 0.25) is 0 Å². The summed E-state index contributed by atoms with van der Waals surface area (Å²) in [4.78, 5) is 17.5. The largest absolute Gasteiger partial charge is 0.532 e. The third kappa shape index (κ3) is 3.95. The first-order valence-electron chi connectivity index (χ1n) is 1.90. The number of nitriles is 2. The molecule has 0 bridgehead atoms. The quantitative estimate of drug-likeness (QED) is 0.283. The normalized spacial score (nSPS) is 6.20. The summed E-state index contributed by atoms with van der Waals surface area (Å²) in [5.41, 5.74) is 3.00. The molecular formula is C2H2N5O3+. The average Bonchev–Trinajstić information content (AvgIpc) is 1.97. The highest BCUT2D eigenvalue weighted by Gasteiger charge is 2.11. The second kappa shape index (κ2) is 4.93. The van der Waals surface area contributed by atoms with E-state index in [0.717, 1.165) is 0 Å². The van der Waals surface area contributed by atoms with E-state index in [0.29, 0.717) is 0 Å². The zero-order valence-corrected chi connectivity index (χ0v) is 4.57. The van der Waals surface area contributed by atoms with Crippen LogP contribution in [-0.4, -0.2) is 5.09 Å². The van der Waals surface area contributed by atoms with E-state index in [1.807, 2.05) is 0 Å². The van der Waals surface area contributed by atoms with Crippen molar-refractivity contribution in [1.29, 1.82) is 10.5 Å². The molecule has 0 fully saturated rings. The number of hydroxylamine groups is 2. The second-order valence-electron chi connectivity index (χ2n) is 0.834. The lowest BCUT2D eigenvalue weighted by Gasteiger charge is -1.82. The summed E-state index contributed by atoms with van der Waals surface area (Å²) in [6.07, 6.45) is 2.54. The van der Waals surface area contributed by atoms with Crippen LogP contribution in [0, 0.1) is 27.8 Å². The summed E-state index contributed by atoms with van der Waals surface area (Å²) in [6, 6.07) is 0. The molecule has 0 aromatic carbocycles. The predicted octanol–water partition coefficient (Wildman–Crippen LogP) is -1.40. The van der Waals surface area contributed by atoms with E-state index in [2.05, 4.69) is 9.88 Å². The lowest BCUT2D eigenvalue weighted by molar-refractivity contribution is -0.998. The number of rotatable bonds is 4. The molecular weight excluding hydrogens is 142 g/mol. The van der Waals surface area contributed by atoms with E-state index < -0.39 is 5.09 Å². The van der Waals surface area contributed by atoms with Crippen molar-refractivity contribution in [3.05, 3.63) is 4.91 Å². The molecule has 0 unspecified atom stereocenters. The van der Waals surface area contributed by atoms with Gasteiger partial charge in [-0.25, -0.2) is 0 Å². The van der Waals surface area contributed by atoms with Gasteiger partial charge in [0.25, 0.3) is 0 Å². The lowest BCUT2D eigenvalue weighted by atomic mass is 11.4. The Hall–Kier alpha value is -2.22. The van der Waals surface area contributed by atoms with E-state index in [1.54, 1.807) is 0 Å². The van der Waals surface area contributed by atoms with E-state index >= 15 is 0 Å². The topological polar surface area (TPSA) is 110 Å². The highest BCUT2D eigenvalue weighted by atomic mass is 17.1. The van der Waals surface area contributed by atoms with Crippen molar-refractivity contribution in [2.75, 3.05) is 0 Å². The van der Waals surface area contributed by atoms with Crippen molar-refractivity contribution in [2.45, 2.75) is 0 Å². The van der Waals surface area contributed by atoms with Gasteiger partial charge in [-0.3, -0.25) is 0 Å². The van der Waals surface area contributed by atoms with Crippen LogP contribution in [0.1, 0.15) is 0 Å². The molecule has 0 aliphatic carbocycles. The van der Waals surface area contributed by atoms with Crippen molar-refractivity contribution in [3.63, 3.8) is 0 Å². The predicted molar refractivity (Wildman–Crippen MR) is 23.3 cm³/mol. The SMILES string of the molecule is N#CNO[N+](=O)ONC#N. The van der Waals surface area contributed by atoms with Crippen LogP contribution < -0.4 is 11.0 Å². The van der Waals surface area contributed by atoms with Gasteiger partial charge in [0.05, 0.1) is 0 Å². The average molecular weight is 144 g/mol. The van der Waals surface area contributed by atoms with E-state index in [9.17, 15) is 4.91 Å². The Labute approximate surface area is 54.9 Å². The molecule has 0 atom stereocenters. The Morgan fingerprint density at radius 2 is 1.60 bits per heavy atom. The van der Waals surface area contributed by atoms with Gasteiger partial charge in [-0.15, -0.1) is 0 Å². The molecule has 0 radical (unpaired) electrons. The summed E-state index contributed by atoms with van der Waals surface area (Å²) in [6.45, 7) is 0. The Morgan fingerprint density at radius 1 is 1.20 bits per heavy atom. The van der Waals surface area contributed by atoms with E-state index in [4.69, 9.17) is 10.5 Å². The maximum Gasteiger partial charge on any atom is 0.532 e. The van der Waals surface area contributed by atoms with Crippen molar-refractivity contribution in [3.8, 4) is 12.4 Å². The van der Waals surface area contributed by atoms with Gasteiger partial charge in [0.1, 0.15) is 4.91 Å². The summed E-state index contributed by atoms with van der Waals surface area (Å²) >= 11 is 0. The summed E-state index contributed by atoms with van der Waals surface area (Å²) < 4.78 is 0. The van der Waals surface area contributed by atoms with E-state index in [-0.39, 0.29) is 0 Å². The first kappa shape index (κ1) is 7.78. The monoisotopic (exact) mass is 144 g/mol. The molecule has 0 spiro atoms. The van der Waals surface area contributed by atoms with Crippen molar-refractivity contribution in [2.24, 2.45) is 0 Å². The van der Waals surface area contributed by atoms with Crippen LogP contribution in [0.4, 0.5) is 0 Å². The molecule has 2 N–H and O–H groups in total. The maximum atomic E-state index is 10.0. The zero-order valence-electron chi connectivity index (χ0n) is 4.57. The fourth-order valence-corrected chi connectivity index (χ4v) is 0.134. The minimum atomic E-state index is -0.494. The van der Waals surface area contributed by atoms with Crippen LogP contribution in [0.25, 0.3) is 0 Å². The van der Waals surface area contributed by atoms with Crippen LogP contribution in [0.15, 0.2) is 0 Å². The molecule has 0 saturated heterocycles. The maximum absolute atomic E-state index is 10.0. The van der Waals surface area contributed by atoms with Crippen LogP contribution in [-0.2, 0) is 9.88 Å². The van der Waals surface area contributed by atoms with Gasteiger partial charge in [0.2, 0.25) is 12.4 Å². The first-order valence-corrected chi connectivity index (χ1v) is 1.90. The van der Waals surface area contributed by atoms with Crippen LogP contribution in [0.3, 0.4) is 0 Å². The second-order valence-corrected chi connectivity index (χ2v) is 0.834. The Balaban J connectivity index is 3.30. The summed E-state index contributed by atoms with van der Waals surface area (Å²) in [5, 5.41) is 15.0. The van der Waals surface area contributed by atoms with Gasteiger partial charge < -0.3 is 0 Å². The zero-order chi connectivity index (χ0) is 7.82. The number of nitrogens with zero attached hydrogens (tertiary/aromatic N) is 3. The third-order valence-corrected chi connectivity index (χ3v) is 0.332.